The van der Waals surface area contributed by atoms with Gasteiger partial charge in [-0.1, -0.05) is 6.07 Å². The molecule has 1 atom stereocenters. The Morgan fingerprint density at radius 2 is 2.60 bits per heavy atom. The molecule has 1 aliphatic rings. The van der Waals surface area contributed by atoms with E-state index in [1.165, 1.54) is 4.88 Å². The van der Waals surface area contributed by atoms with Gasteiger partial charge in [-0.25, -0.2) is 5.43 Å². The number of nitrogens with zero attached hydrogens (tertiary/aromatic N) is 2. The van der Waals surface area contributed by atoms with Crippen molar-refractivity contribution in [2.45, 2.75) is 13.5 Å². The molecule has 1 aromatic heterocycles. The number of hydrogen-bond donors (Lipinski definition) is 1. The zero-order valence-electron chi connectivity index (χ0n) is 8.30. The van der Waals surface area contributed by atoms with Gasteiger partial charge in [0, 0.05) is 11.1 Å². The maximum absolute atomic E-state index is 11.3. The van der Waals surface area contributed by atoms with Crippen LogP contribution in [-0.4, -0.2) is 17.8 Å². The minimum Gasteiger partial charge on any atom is -0.291 e. The van der Waals surface area contributed by atoms with Crippen molar-refractivity contribution < 1.29 is 4.79 Å². The summed E-state index contributed by atoms with van der Waals surface area (Å²) < 4.78 is 0. The number of aliphatic imine (C=N–C) groups is 1. The fraction of sp³-hybridized carbons (Fsp3) is 0.300. The SMILES string of the molecule is CC1=NNC(=O)[C@H]1C=NCc1cccs1. The first kappa shape index (κ1) is 10.0. The molecular formula is C10H11N3OS. The summed E-state index contributed by atoms with van der Waals surface area (Å²) in [6.07, 6.45) is 1.67. The maximum Gasteiger partial charge on any atom is 0.254 e. The molecule has 0 bridgehead atoms. The van der Waals surface area contributed by atoms with E-state index in [1.807, 2.05) is 24.4 Å². The summed E-state index contributed by atoms with van der Waals surface area (Å²) in [5, 5.41) is 5.86. The molecule has 2 rings (SSSR count). The normalized spacial score (nSPS) is 20.7. The molecule has 1 aliphatic heterocycles. The summed E-state index contributed by atoms with van der Waals surface area (Å²) in [4.78, 5) is 16.7. The van der Waals surface area contributed by atoms with Crippen molar-refractivity contribution in [3.8, 4) is 0 Å². The summed E-state index contributed by atoms with van der Waals surface area (Å²) in [6.45, 7) is 2.45. The van der Waals surface area contributed by atoms with E-state index in [4.69, 9.17) is 0 Å². The Kier molecular flexibility index (Phi) is 2.91. The Morgan fingerprint density at radius 1 is 1.73 bits per heavy atom. The predicted octanol–water partition coefficient (Wildman–Crippen LogP) is 1.44. The molecule has 0 aromatic carbocycles. The van der Waals surface area contributed by atoms with E-state index < -0.39 is 0 Å². The third kappa shape index (κ3) is 2.30. The summed E-state index contributed by atoms with van der Waals surface area (Å²) in [5.74, 6) is -0.382. The van der Waals surface area contributed by atoms with Crippen LogP contribution in [0.3, 0.4) is 0 Å². The molecule has 0 aliphatic carbocycles. The molecule has 0 radical (unpaired) electrons. The summed E-state index contributed by atoms with van der Waals surface area (Å²) in [6, 6.07) is 4.02. The van der Waals surface area contributed by atoms with E-state index in [0.717, 1.165) is 5.71 Å². The number of hydrazone groups is 1. The lowest BCUT2D eigenvalue weighted by atomic mass is 10.1. The molecule has 0 fully saturated rings. The third-order valence-corrected chi connectivity index (χ3v) is 3.02. The average molecular weight is 221 g/mol. The van der Waals surface area contributed by atoms with Crippen LogP contribution in [0, 0.1) is 5.92 Å². The van der Waals surface area contributed by atoms with Gasteiger partial charge in [-0.05, 0) is 18.4 Å². The topological polar surface area (TPSA) is 53.8 Å². The highest BCUT2D eigenvalue weighted by atomic mass is 32.1. The maximum atomic E-state index is 11.3. The molecule has 0 saturated carbocycles. The van der Waals surface area contributed by atoms with Crippen LogP contribution in [0.4, 0.5) is 0 Å². The van der Waals surface area contributed by atoms with Crippen molar-refractivity contribution in [2.24, 2.45) is 16.0 Å². The first-order valence-corrected chi connectivity index (χ1v) is 5.51. The van der Waals surface area contributed by atoms with Gasteiger partial charge in [-0.2, -0.15) is 5.10 Å². The second kappa shape index (κ2) is 4.35. The standard InChI is InChI=1S/C10H11N3OS/c1-7-9(10(14)13-12-7)6-11-5-8-3-2-4-15-8/h2-4,6,9H,5H2,1H3,(H,13,14)/t9-/m0/s1. The van der Waals surface area contributed by atoms with Gasteiger partial charge in [-0.3, -0.25) is 9.79 Å². The van der Waals surface area contributed by atoms with Crippen LogP contribution >= 0.6 is 11.3 Å². The number of hydrogen-bond acceptors (Lipinski definition) is 4. The van der Waals surface area contributed by atoms with Gasteiger partial charge in [0.25, 0.3) is 5.91 Å². The molecule has 1 N–H and O–H groups in total. The molecule has 1 aromatic rings. The highest BCUT2D eigenvalue weighted by molar-refractivity contribution is 7.09. The molecule has 1 amide bonds. The fourth-order valence-corrected chi connectivity index (χ4v) is 1.94. The monoisotopic (exact) mass is 221 g/mol. The highest BCUT2D eigenvalue weighted by Gasteiger charge is 2.24. The second-order valence-corrected chi connectivity index (χ2v) is 4.31. The minimum absolute atomic E-state index is 0.0950. The van der Waals surface area contributed by atoms with E-state index in [0.29, 0.717) is 6.54 Å². The third-order valence-electron chi connectivity index (χ3n) is 2.16. The molecule has 78 valence electrons. The molecule has 0 spiro atoms. The Labute approximate surface area is 91.7 Å². The quantitative estimate of drug-likeness (QED) is 0.771. The zero-order valence-corrected chi connectivity index (χ0v) is 9.12. The number of carbonyl (C=O) groups excluding carboxylic acids is 1. The highest BCUT2D eigenvalue weighted by Crippen LogP contribution is 2.10. The zero-order chi connectivity index (χ0) is 10.7. The smallest absolute Gasteiger partial charge is 0.254 e. The van der Waals surface area contributed by atoms with Gasteiger partial charge in [0.05, 0.1) is 12.3 Å². The summed E-state index contributed by atoms with van der Waals surface area (Å²) in [5.41, 5.74) is 3.20. The lowest BCUT2D eigenvalue weighted by Gasteiger charge is -1.98. The molecule has 0 saturated heterocycles. The largest absolute Gasteiger partial charge is 0.291 e. The van der Waals surface area contributed by atoms with Gasteiger partial charge < -0.3 is 0 Å². The molecule has 2 heterocycles. The first-order chi connectivity index (χ1) is 7.27. The molecule has 0 unspecified atom stereocenters. The van der Waals surface area contributed by atoms with Crippen LogP contribution in [0.5, 0.6) is 0 Å². The van der Waals surface area contributed by atoms with Gasteiger partial charge >= 0.3 is 0 Å². The Balaban J connectivity index is 1.94. The van der Waals surface area contributed by atoms with Crippen LogP contribution in [0.25, 0.3) is 0 Å². The summed E-state index contributed by atoms with van der Waals surface area (Å²) in [7, 11) is 0. The van der Waals surface area contributed by atoms with E-state index >= 15 is 0 Å². The first-order valence-electron chi connectivity index (χ1n) is 4.64. The number of nitrogens with one attached hydrogen (secondary N) is 1. The van der Waals surface area contributed by atoms with Crippen molar-refractivity contribution >= 4 is 29.2 Å². The van der Waals surface area contributed by atoms with Gasteiger partial charge in [-0.15, -0.1) is 11.3 Å². The molecule has 15 heavy (non-hydrogen) atoms. The Morgan fingerprint density at radius 3 is 3.20 bits per heavy atom. The Hall–Kier alpha value is -1.49. The van der Waals surface area contributed by atoms with Crippen LogP contribution in [-0.2, 0) is 11.3 Å². The lowest BCUT2D eigenvalue weighted by molar-refractivity contribution is -0.120. The molecular weight excluding hydrogens is 210 g/mol. The average Bonchev–Trinajstić information content (AvgIpc) is 2.82. The van der Waals surface area contributed by atoms with Crippen molar-refractivity contribution in [1.29, 1.82) is 0 Å². The van der Waals surface area contributed by atoms with Crippen LogP contribution in [0.2, 0.25) is 0 Å². The number of amides is 1. The fourth-order valence-electron chi connectivity index (χ4n) is 1.30. The van der Waals surface area contributed by atoms with E-state index in [2.05, 4.69) is 15.5 Å². The predicted molar refractivity (Wildman–Crippen MR) is 61.3 cm³/mol. The summed E-state index contributed by atoms with van der Waals surface area (Å²) >= 11 is 1.66. The number of thiophene rings is 1. The van der Waals surface area contributed by atoms with Crippen molar-refractivity contribution in [2.75, 3.05) is 0 Å². The molecule has 5 heteroatoms. The van der Waals surface area contributed by atoms with Crippen LogP contribution < -0.4 is 5.43 Å². The molecule has 4 nitrogen and oxygen atoms in total. The second-order valence-electron chi connectivity index (χ2n) is 3.28. The van der Waals surface area contributed by atoms with Gasteiger partial charge in [0.15, 0.2) is 0 Å². The van der Waals surface area contributed by atoms with E-state index in [1.54, 1.807) is 17.6 Å². The van der Waals surface area contributed by atoms with Crippen molar-refractivity contribution in [3.05, 3.63) is 22.4 Å². The number of rotatable bonds is 3. The lowest BCUT2D eigenvalue weighted by Crippen LogP contribution is -2.23. The minimum atomic E-state index is -0.287. The van der Waals surface area contributed by atoms with Gasteiger partial charge in [0.1, 0.15) is 5.92 Å². The van der Waals surface area contributed by atoms with E-state index in [9.17, 15) is 4.79 Å². The van der Waals surface area contributed by atoms with Crippen LogP contribution in [0.15, 0.2) is 27.6 Å². The van der Waals surface area contributed by atoms with Crippen molar-refractivity contribution in [3.63, 3.8) is 0 Å². The van der Waals surface area contributed by atoms with Crippen LogP contribution in [0.1, 0.15) is 11.8 Å². The van der Waals surface area contributed by atoms with E-state index in [-0.39, 0.29) is 11.8 Å². The van der Waals surface area contributed by atoms with Crippen molar-refractivity contribution in [1.82, 2.24) is 5.43 Å². The van der Waals surface area contributed by atoms with Gasteiger partial charge in [0.2, 0.25) is 0 Å². The number of carbonyl (C=O) groups is 1. The Bertz CT molecular complexity index is 408.